The first-order chi connectivity index (χ1) is 12.9. The van der Waals surface area contributed by atoms with Gasteiger partial charge in [0.05, 0.1) is 17.0 Å². The molecule has 0 saturated heterocycles. The fourth-order valence-corrected chi connectivity index (χ4v) is 4.41. The Labute approximate surface area is 165 Å². The van der Waals surface area contributed by atoms with E-state index in [9.17, 15) is 4.79 Å². The Balaban J connectivity index is 1.65. The molecule has 27 heavy (non-hydrogen) atoms. The highest BCUT2D eigenvalue weighted by molar-refractivity contribution is 7.99. The molecule has 0 unspecified atom stereocenters. The fraction of sp³-hybridized carbons (Fsp3) is 0.263. The summed E-state index contributed by atoms with van der Waals surface area (Å²) >= 11 is 2.80. The van der Waals surface area contributed by atoms with Gasteiger partial charge in [-0.1, -0.05) is 11.8 Å². The van der Waals surface area contributed by atoms with Crippen LogP contribution in [-0.4, -0.2) is 31.2 Å². The van der Waals surface area contributed by atoms with E-state index in [1.165, 1.54) is 34.2 Å². The Bertz CT molecular complexity index is 1180. The molecule has 0 fully saturated rings. The van der Waals surface area contributed by atoms with Crippen LogP contribution in [0.2, 0.25) is 0 Å². The molecule has 0 aliphatic heterocycles. The van der Waals surface area contributed by atoms with Crippen molar-refractivity contribution in [2.24, 2.45) is 0 Å². The number of hydrogen-bond acceptors (Lipinski definition) is 6. The standard InChI is InChI=1S/C19H19N5OS2/c1-10-5-14-6-12(3)17-22-23-19(24(17)15(14)7-11(10)2)27-9-16(25)21-18-20-13(4)8-26-18/h5-8H,9H2,1-4H3,(H,20,21,25). The van der Waals surface area contributed by atoms with Gasteiger partial charge in [0.25, 0.3) is 0 Å². The lowest BCUT2D eigenvalue weighted by Gasteiger charge is -2.09. The number of amides is 1. The van der Waals surface area contributed by atoms with Crippen molar-refractivity contribution in [2.45, 2.75) is 32.9 Å². The lowest BCUT2D eigenvalue weighted by molar-refractivity contribution is -0.113. The Morgan fingerprint density at radius 2 is 1.85 bits per heavy atom. The molecule has 1 N–H and O–H groups in total. The summed E-state index contributed by atoms with van der Waals surface area (Å²) in [5.41, 5.74) is 6.31. The summed E-state index contributed by atoms with van der Waals surface area (Å²) in [6.07, 6.45) is 0. The van der Waals surface area contributed by atoms with Crippen LogP contribution in [0.25, 0.3) is 16.6 Å². The molecular weight excluding hydrogens is 378 g/mol. The highest BCUT2D eigenvalue weighted by Gasteiger charge is 2.15. The fourth-order valence-electron chi connectivity index (χ4n) is 2.96. The molecule has 0 aliphatic carbocycles. The largest absolute Gasteiger partial charge is 0.301 e. The molecule has 138 valence electrons. The second-order valence-corrected chi connectivity index (χ2v) is 8.40. The third-order valence-corrected chi connectivity index (χ3v) is 6.24. The second-order valence-electron chi connectivity index (χ2n) is 6.60. The molecule has 0 spiro atoms. The van der Waals surface area contributed by atoms with Gasteiger partial charge in [0, 0.05) is 5.38 Å². The maximum atomic E-state index is 12.3. The molecule has 1 aromatic carbocycles. The number of rotatable bonds is 4. The molecule has 4 rings (SSSR count). The van der Waals surface area contributed by atoms with E-state index in [1.807, 2.05) is 23.6 Å². The quantitative estimate of drug-likeness (QED) is 0.520. The van der Waals surface area contributed by atoms with E-state index in [2.05, 4.69) is 52.5 Å². The van der Waals surface area contributed by atoms with E-state index in [1.54, 1.807) is 0 Å². The number of carbonyl (C=O) groups is 1. The van der Waals surface area contributed by atoms with Crippen LogP contribution in [0.15, 0.2) is 28.7 Å². The summed E-state index contributed by atoms with van der Waals surface area (Å²) in [7, 11) is 0. The molecular formula is C19H19N5OS2. The number of thiazole rings is 1. The van der Waals surface area contributed by atoms with Crippen molar-refractivity contribution in [3.63, 3.8) is 0 Å². The average Bonchev–Trinajstić information content (AvgIpc) is 3.22. The number of pyridine rings is 1. The maximum Gasteiger partial charge on any atom is 0.236 e. The minimum atomic E-state index is -0.102. The summed E-state index contributed by atoms with van der Waals surface area (Å²) in [6.45, 7) is 8.15. The van der Waals surface area contributed by atoms with Gasteiger partial charge in [-0.25, -0.2) is 4.98 Å². The van der Waals surface area contributed by atoms with Gasteiger partial charge in [-0.3, -0.25) is 9.20 Å². The van der Waals surface area contributed by atoms with Gasteiger partial charge in [-0.2, -0.15) is 0 Å². The predicted molar refractivity (Wildman–Crippen MR) is 111 cm³/mol. The maximum absolute atomic E-state index is 12.3. The van der Waals surface area contributed by atoms with Crippen LogP contribution in [0.4, 0.5) is 5.13 Å². The van der Waals surface area contributed by atoms with Crippen molar-refractivity contribution in [3.05, 3.63) is 46.0 Å². The van der Waals surface area contributed by atoms with Crippen molar-refractivity contribution in [1.82, 2.24) is 19.6 Å². The van der Waals surface area contributed by atoms with Gasteiger partial charge >= 0.3 is 0 Å². The topological polar surface area (TPSA) is 72.2 Å². The average molecular weight is 398 g/mol. The molecule has 3 aromatic heterocycles. The minimum Gasteiger partial charge on any atom is -0.301 e. The SMILES string of the molecule is Cc1csc(NC(=O)CSc2nnc3c(C)cc4cc(C)c(C)cc4n23)n1. The Morgan fingerprint density at radius 1 is 1.11 bits per heavy atom. The first-order valence-corrected chi connectivity index (χ1v) is 10.4. The summed E-state index contributed by atoms with van der Waals surface area (Å²) in [6, 6.07) is 6.48. The van der Waals surface area contributed by atoms with Crippen molar-refractivity contribution in [2.75, 3.05) is 11.1 Å². The normalized spacial score (nSPS) is 11.4. The van der Waals surface area contributed by atoms with E-state index in [4.69, 9.17) is 0 Å². The number of aryl methyl sites for hydroxylation is 4. The molecule has 0 atom stereocenters. The number of thioether (sulfide) groups is 1. The van der Waals surface area contributed by atoms with Crippen LogP contribution in [0.3, 0.4) is 0 Å². The number of hydrogen-bond donors (Lipinski definition) is 1. The molecule has 3 heterocycles. The van der Waals surface area contributed by atoms with Crippen molar-refractivity contribution < 1.29 is 4.79 Å². The van der Waals surface area contributed by atoms with Gasteiger partial charge in [-0.15, -0.1) is 21.5 Å². The molecule has 0 radical (unpaired) electrons. The smallest absolute Gasteiger partial charge is 0.236 e. The van der Waals surface area contributed by atoms with Crippen LogP contribution in [0.5, 0.6) is 0 Å². The number of anilines is 1. The van der Waals surface area contributed by atoms with Crippen molar-refractivity contribution in [3.8, 4) is 0 Å². The Kier molecular flexibility index (Phi) is 4.61. The number of benzene rings is 1. The van der Waals surface area contributed by atoms with Crippen LogP contribution < -0.4 is 5.32 Å². The van der Waals surface area contributed by atoms with Gasteiger partial charge < -0.3 is 5.32 Å². The van der Waals surface area contributed by atoms with E-state index in [-0.39, 0.29) is 11.7 Å². The third kappa shape index (κ3) is 3.42. The van der Waals surface area contributed by atoms with E-state index in [0.29, 0.717) is 10.3 Å². The van der Waals surface area contributed by atoms with Crippen molar-refractivity contribution in [1.29, 1.82) is 0 Å². The minimum absolute atomic E-state index is 0.102. The molecule has 0 aliphatic rings. The summed E-state index contributed by atoms with van der Waals surface area (Å²) in [4.78, 5) is 16.5. The number of carbonyl (C=O) groups excluding carboxylic acids is 1. The predicted octanol–water partition coefficient (Wildman–Crippen LogP) is 4.30. The molecule has 4 aromatic rings. The zero-order valence-electron chi connectivity index (χ0n) is 15.5. The lowest BCUT2D eigenvalue weighted by atomic mass is 10.0. The number of nitrogens with one attached hydrogen (secondary N) is 1. The van der Waals surface area contributed by atoms with Crippen LogP contribution in [-0.2, 0) is 4.79 Å². The molecule has 0 saturated carbocycles. The lowest BCUT2D eigenvalue weighted by Crippen LogP contribution is -2.14. The molecule has 6 nitrogen and oxygen atoms in total. The second kappa shape index (κ2) is 6.94. The van der Waals surface area contributed by atoms with Crippen LogP contribution in [0, 0.1) is 27.7 Å². The highest BCUT2D eigenvalue weighted by Crippen LogP contribution is 2.27. The van der Waals surface area contributed by atoms with E-state index < -0.39 is 0 Å². The zero-order chi connectivity index (χ0) is 19.1. The Hall–Kier alpha value is -2.45. The number of fused-ring (bicyclic) bond motifs is 3. The van der Waals surface area contributed by atoms with Gasteiger partial charge in [-0.05, 0) is 68.0 Å². The molecule has 1 amide bonds. The zero-order valence-corrected chi connectivity index (χ0v) is 17.2. The third-order valence-electron chi connectivity index (χ3n) is 4.44. The summed E-state index contributed by atoms with van der Waals surface area (Å²) < 4.78 is 2.04. The Morgan fingerprint density at radius 3 is 2.59 bits per heavy atom. The van der Waals surface area contributed by atoms with E-state index in [0.717, 1.165) is 27.8 Å². The molecule has 0 bridgehead atoms. The van der Waals surface area contributed by atoms with E-state index >= 15 is 0 Å². The van der Waals surface area contributed by atoms with Gasteiger partial charge in [0.2, 0.25) is 5.91 Å². The number of nitrogens with zero attached hydrogens (tertiary/aromatic N) is 4. The number of aromatic nitrogens is 4. The summed E-state index contributed by atoms with van der Waals surface area (Å²) in [5, 5.41) is 15.9. The first-order valence-electron chi connectivity index (χ1n) is 8.53. The van der Waals surface area contributed by atoms with Gasteiger partial charge in [0.1, 0.15) is 0 Å². The highest BCUT2D eigenvalue weighted by atomic mass is 32.2. The first kappa shape index (κ1) is 17.9. The molecule has 8 heteroatoms. The summed E-state index contributed by atoms with van der Waals surface area (Å²) in [5.74, 6) is 0.148. The van der Waals surface area contributed by atoms with Crippen LogP contribution >= 0.6 is 23.1 Å². The van der Waals surface area contributed by atoms with Gasteiger partial charge in [0.15, 0.2) is 15.9 Å². The van der Waals surface area contributed by atoms with Crippen molar-refractivity contribution >= 4 is 50.7 Å². The monoisotopic (exact) mass is 397 g/mol. The van der Waals surface area contributed by atoms with Crippen LogP contribution in [0.1, 0.15) is 22.4 Å².